The van der Waals surface area contributed by atoms with Crippen molar-refractivity contribution in [2.75, 3.05) is 20.3 Å². The van der Waals surface area contributed by atoms with E-state index < -0.39 is 11.6 Å². The van der Waals surface area contributed by atoms with Crippen molar-refractivity contribution in [2.24, 2.45) is 0 Å². The minimum absolute atomic E-state index is 0.150. The summed E-state index contributed by atoms with van der Waals surface area (Å²) < 4.78 is 10.8. The van der Waals surface area contributed by atoms with E-state index in [2.05, 4.69) is 16.3 Å². The highest BCUT2D eigenvalue weighted by atomic mass is 16.5. The molecule has 2 aliphatic rings. The Balaban J connectivity index is 1.61. The van der Waals surface area contributed by atoms with Crippen molar-refractivity contribution in [2.45, 2.75) is 37.1 Å². The van der Waals surface area contributed by atoms with Gasteiger partial charge in [0.2, 0.25) is 0 Å². The van der Waals surface area contributed by atoms with E-state index in [-0.39, 0.29) is 18.7 Å². The molecule has 2 unspecified atom stereocenters. The van der Waals surface area contributed by atoms with Crippen LogP contribution in [0.5, 0.6) is 0 Å². The fourth-order valence-corrected chi connectivity index (χ4v) is 3.34. The quantitative estimate of drug-likeness (QED) is 0.918. The van der Waals surface area contributed by atoms with Gasteiger partial charge in [-0.1, -0.05) is 30.3 Å². The van der Waals surface area contributed by atoms with Gasteiger partial charge in [0.05, 0.1) is 19.3 Å². The van der Waals surface area contributed by atoms with E-state index in [0.29, 0.717) is 26.1 Å². The number of carbonyl (C=O) groups excluding carboxylic acids is 1. The van der Waals surface area contributed by atoms with E-state index in [4.69, 9.17) is 9.47 Å². The van der Waals surface area contributed by atoms with Crippen LogP contribution in [0.25, 0.3) is 0 Å². The molecule has 2 atom stereocenters. The number of benzene rings is 1. The highest BCUT2D eigenvalue weighted by Gasteiger charge is 2.47. The zero-order chi connectivity index (χ0) is 16.3. The smallest absolute Gasteiger partial charge is 0.408 e. The number of nitriles is 1. The predicted octanol–water partition coefficient (Wildman–Crippen LogP) is 1.67. The Labute approximate surface area is 136 Å². The molecule has 2 aliphatic heterocycles. The van der Waals surface area contributed by atoms with Crippen LogP contribution in [0.2, 0.25) is 0 Å². The predicted molar refractivity (Wildman–Crippen MR) is 83.5 cm³/mol. The summed E-state index contributed by atoms with van der Waals surface area (Å²) in [7, 11) is 2.05. The molecular formula is C17H21N3O3. The van der Waals surface area contributed by atoms with Crippen molar-refractivity contribution in [3.63, 3.8) is 0 Å². The summed E-state index contributed by atoms with van der Waals surface area (Å²) in [5.41, 5.74) is 0.0432. The number of fused-ring (bicyclic) bond motifs is 2. The number of piperidine rings is 1. The molecule has 6 heteroatoms. The molecule has 3 rings (SSSR count). The lowest BCUT2D eigenvalue weighted by Crippen LogP contribution is -2.64. The number of likely N-dealkylation sites (N-methyl/N-ethyl adjacent to an activating group) is 1. The normalized spacial score (nSPS) is 30.3. The van der Waals surface area contributed by atoms with E-state index in [1.807, 2.05) is 37.4 Å². The number of amides is 1. The lowest BCUT2D eigenvalue weighted by molar-refractivity contribution is -0.0769. The summed E-state index contributed by atoms with van der Waals surface area (Å²) in [5, 5.41) is 12.4. The molecule has 0 radical (unpaired) electrons. The number of nitrogens with zero attached hydrogens (tertiary/aromatic N) is 2. The van der Waals surface area contributed by atoms with Crippen molar-refractivity contribution in [3.05, 3.63) is 35.9 Å². The summed E-state index contributed by atoms with van der Waals surface area (Å²) in [6, 6.07) is 12.1. The Morgan fingerprint density at radius 3 is 2.65 bits per heavy atom. The number of hydrogen-bond donors (Lipinski definition) is 1. The third kappa shape index (κ3) is 3.46. The first-order valence-electron chi connectivity index (χ1n) is 7.82. The SMILES string of the molecule is CN1C2COCC1CC(C#N)(NC(=O)OCc1ccccc1)C2. The zero-order valence-electron chi connectivity index (χ0n) is 13.2. The lowest BCUT2D eigenvalue weighted by Gasteiger charge is -2.49. The van der Waals surface area contributed by atoms with Crippen LogP contribution in [-0.2, 0) is 16.1 Å². The molecule has 1 amide bonds. The van der Waals surface area contributed by atoms with Gasteiger partial charge in [-0.2, -0.15) is 5.26 Å². The molecule has 2 fully saturated rings. The number of hydrogen-bond acceptors (Lipinski definition) is 5. The summed E-state index contributed by atoms with van der Waals surface area (Å²) in [6.07, 6.45) is 0.562. The van der Waals surface area contributed by atoms with Crippen LogP contribution in [0, 0.1) is 11.3 Å². The van der Waals surface area contributed by atoms with E-state index in [0.717, 1.165) is 5.56 Å². The van der Waals surface area contributed by atoms with Crippen LogP contribution in [0.15, 0.2) is 30.3 Å². The van der Waals surface area contributed by atoms with Crippen LogP contribution >= 0.6 is 0 Å². The maximum absolute atomic E-state index is 12.1. The number of nitrogens with one attached hydrogen (secondary N) is 1. The third-order valence-corrected chi connectivity index (χ3v) is 4.71. The van der Waals surface area contributed by atoms with Gasteiger partial charge in [-0.3, -0.25) is 4.90 Å². The van der Waals surface area contributed by atoms with Gasteiger partial charge in [-0.05, 0) is 12.6 Å². The number of rotatable bonds is 3. The molecule has 1 N–H and O–H groups in total. The Hall–Kier alpha value is -2.10. The Bertz CT molecular complexity index is 585. The largest absolute Gasteiger partial charge is 0.445 e. The molecule has 1 aromatic rings. The lowest BCUT2D eigenvalue weighted by atomic mass is 9.80. The number of ether oxygens (including phenoxy) is 2. The number of morpholine rings is 1. The van der Waals surface area contributed by atoms with Gasteiger partial charge in [-0.15, -0.1) is 0 Å². The minimum Gasteiger partial charge on any atom is -0.445 e. The standard InChI is InChI=1S/C17H21N3O3/c1-20-14-7-17(12-18,8-15(20)11-22-10-14)19-16(21)23-9-13-5-3-2-4-6-13/h2-6,14-15H,7-11H2,1H3,(H,19,21). The molecule has 0 saturated carbocycles. The monoisotopic (exact) mass is 315 g/mol. The summed E-state index contributed by atoms with van der Waals surface area (Å²) in [6.45, 7) is 1.39. The maximum atomic E-state index is 12.1. The van der Waals surface area contributed by atoms with Gasteiger partial charge in [-0.25, -0.2) is 4.79 Å². The van der Waals surface area contributed by atoms with E-state index in [9.17, 15) is 10.1 Å². The van der Waals surface area contributed by atoms with Crippen LogP contribution in [-0.4, -0.2) is 48.9 Å². The molecule has 0 spiro atoms. The minimum atomic E-state index is -0.876. The van der Waals surface area contributed by atoms with E-state index in [1.165, 1.54) is 0 Å². The molecule has 0 aromatic heterocycles. The van der Waals surface area contributed by atoms with Crippen molar-refractivity contribution in [3.8, 4) is 6.07 Å². The highest BCUT2D eigenvalue weighted by molar-refractivity contribution is 5.69. The second-order valence-electron chi connectivity index (χ2n) is 6.30. The first-order valence-corrected chi connectivity index (χ1v) is 7.82. The molecular weight excluding hydrogens is 294 g/mol. The van der Waals surface area contributed by atoms with Crippen molar-refractivity contribution in [1.29, 1.82) is 5.26 Å². The molecule has 23 heavy (non-hydrogen) atoms. The maximum Gasteiger partial charge on any atom is 0.408 e. The van der Waals surface area contributed by atoms with Gasteiger partial charge >= 0.3 is 6.09 Å². The third-order valence-electron chi connectivity index (χ3n) is 4.71. The van der Waals surface area contributed by atoms with E-state index >= 15 is 0 Å². The number of carbonyl (C=O) groups is 1. The zero-order valence-corrected chi connectivity index (χ0v) is 13.2. The topological polar surface area (TPSA) is 74.6 Å². The fourth-order valence-electron chi connectivity index (χ4n) is 3.34. The van der Waals surface area contributed by atoms with Crippen LogP contribution in [0.1, 0.15) is 18.4 Å². The molecule has 2 bridgehead atoms. The average Bonchev–Trinajstić information content (AvgIpc) is 2.55. The van der Waals surface area contributed by atoms with E-state index in [1.54, 1.807) is 0 Å². The molecule has 1 aromatic carbocycles. The van der Waals surface area contributed by atoms with Gasteiger partial charge < -0.3 is 14.8 Å². The van der Waals surface area contributed by atoms with Crippen molar-refractivity contribution in [1.82, 2.24) is 10.2 Å². The summed E-state index contributed by atoms with van der Waals surface area (Å²) >= 11 is 0. The van der Waals surface area contributed by atoms with Crippen LogP contribution < -0.4 is 5.32 Å². The Morgan fingerprint density at radius 1 is 1.39 bits per heavy atom. The first-order chi connectivity index (χ1) is 11.1. The van der Waals surface area contributed by atoms with Crippen LogP contribution in [0.3, 0.4) is 0 Å². The molecule has 0 aliphatic carbocycles. The average molecular weight is 315 g/mol. The van der Waals surface area contributed by atoms with Crippen molar-refractivity contribution < 1.29 is 14.3 Å². The molecule has 122 valence electrons. The summed E-state index contributed by atoms with van der Waals surface area (Å²) in [4.78, 5) is 14.4. The Morgan fingerprint density at radius 2 is 2.04 bits per heavy atom. The first kappa shape index (κ1) is 15.8. The molecule has 2 heterocycles. The van der Waals surface area contributed by atoms with Gasteiger partial charge in [0, 0.05) is 24.9 Å². The van der Waals surface area contributed by atoms with Crippen LogP contribution in [0.4, 0.5) is 4.79 Å². The van der Waals surface area contributed by atoms with Crippen molar-refractivity contribution >= 4 is 6.09 Å². The number of alkyl carbamates (subject to hydrolysis) is 1. The second-order valence-corrected chi connectivity index (χ2v) is 6.30. The second kappa shape index (κ2) is 6.57. The fraction of sp³-hybridized carbons (Fsp3) is 0.529. The Kier molecular flexibility index (Phi) is 4.51. The highest BCUT2D eigenvalue weighted by Crippen LogP contribution is 2.33. The molecule has 6 nitrogen and oxygen atoms in total. The van der Waals surface area contributed by atoms with Gasteiger partial charge in [0.15, 0.2) is 0 Å². The molecule has 2 saturated heterocycles. The summed E-state index contributed by atoms with van der Waals surface area (Å²) in [5.74, 6) is 0. The van der Waals surface area contributed by atoms with Gasteiger partial charge in [0.1, 0.15) is 12.1 Å². The van der Waals surface area contributed by atoms with Gasteiger partial charge in [0.25, 0.3) is 0 Å².